The van der Waals surface area contributed by atoms with Gasteiger partial charge in [-0.3, -0.25) is 14.9 Å². The number of hydrogen-bond donors (Lipinski definition) is 2. The Morgan fingerprint density at radius 2 is 2.00 bits per heavy atom. The number of ether oxygens (including phenoxy) is 1. The Kier molecular flexibility index (Phi) is 5.54. The second-order valence-electron chi connectivity index (χ2n) is 5.96. The van der Waals surface area contributed by atoms with Gasteiger partial charge in [0, 0.05) is 43.8 Å². The first-order valence-corrected chi connectivity index (χ1v) is 8.44. The average molecular weight is 381 g/mol. The van der Waals surface area contributed by atoms with E-state index in [4.69, 9.17) is 4.74 Å². The number of anilines is 2. The largest absolute Gasteiger partial charge is 0.486 e. The molecule has 0 fully saturated rings. The summed E-state index contributed by atoms with van der Waals surface area (Å²) < 4.78 is 7.53. The number of nitrogens with zero attached hydrogens (tertiary/aromatic N) is 3. The van der Waals surface area contributed by atoms with Gasteiger partial charge in [-0.2, -0.15) is 0 Å². The highest BCUT2D eigenvalue weighted by atomic mass is 16.6. The van der Waals surface area contributed by atoms with E-state index in [-0.39, 0.29) is 11.3 Å². The van der Waals surface area contributed by atoms with Crippen molar-refractivity contribution >= 4 is 23.0 Å². The Morgan fingerprint density at radius 1 is 1.25 bits per heavy atom. The fraction of sp³-hybridized carbons (Fsp3) is 0.158. The van der Waals surface area contributed by atoms with Gasteiger partial charge in [0.2, 0.25) is 0 Å². The SMILES string of the molecule is CNc1ccc(C(=O)Nc2ccc(OCc3nccn3C)cc2)cc1[N+](=O)[O-]. The summed E-state index contributed by atoms with van der Waals surface area (Å²) in [4.78, 5) is 27.2. The number of nitro benzene ring substituents is 1. The van der Waals surface area contributed by atoms with Crippen LogP contribution in [0.4, 0.5) is 17.1 Å². The molecule has 0 saturated carbocycles. The van der Waals surface area contributed by atoms with Gasteiger partial charge in [-0.25, -0.2) is 4.98 Å². The standard InChI is InChI=1S/C19H19N5O4/c1-20-16-8-3-13(11-17(16)24(26)27)19(25)22-14-4-6-15(7-5-14)28-12-18-21-9-10-23(18)2/h3-11,20H,12H2,1-2H3,(H,22,25). The molecule has 2 aromatic carbocycles. The van der Waals surface area contributed by atoms with Gasteiger partial charge in [-0.15, -0.1) is 0 Å². The highest BCUT2D eigenvalue weighted by Crippen LogP contribution is 2.25. The van der Waals surface area contributed by atoms with Gasteiger partial charge in [-0.05, 0) is 36.4 Å². The van der Waals surface area contributed by atoms with Crippen LogP contribution >= 0.6 is 0 Å². The quantitative estimate of drug-likeness (QED) is 0.480. The maximum atomic E-state index is 12.4. The Bertz CT molecular complexity index is 998. The Labute approximate surface area is 161 Å². The van der Waals surface area contributed by atoms with Gasteiger partial charge >= 0.3 is 0 Å². The van der Waals surface area contributed by atoms with Crippen molar-refractivity contribution in [1.82, 2.24) is 9.55 Å². The van der Waals surface area contributed by atoms with Gasteiger partial charge in [-0.1, -0.05) is 0 Å². The number of benzene rings is 2. The zero-order valence-electron chi connectivity index (χ0n) is 15.4. The number of nitro groups is 1. The fourth-order valence-corrected chi connectivity index (χ4v) is 2.56. The maximum Gasteiger partial charge on any atom is 0.293 e. The second-order valence-corrected chi connectivity index (χ2v) is 5.96. The minimum Gasteiger partial charge on any atom is -0.486 e. The number of carbonyl (C=O) groups is 1. The molecule has 0 atom stereocenters. The van der Waals surface area contributed by atoms with Crippen LogP contribution in [0, 0.1) is 10.1 Å². The van der Waals surface area contributed by atoms with Crippen molar-refractivity contribution in [2.75, 3.05) is 17.7 Å². The van der Waals surface area contributed by atoms with Crippen molar-refractivity contribution in [3.8, 4) is 5.75 Å². The third-order valence-corrected chi connectivity index (χ3v) is 4.13. The van der Waals surface area contributed by atoms with Crippen LogP contribution in [0.3, 0.4) is 0 Å². The predicted octanol–water partition coefficient (Wildman–Crippen LogP) is 3.20. The molecule has 3 aromatic rings. The van der Waals surface area contributed by atoms with E-state index >= 15 is 0 Å². The van der Waals surface area contributed by atoms with E-state index < -0.39 is 10.8 Å². The minimum absolute atomic E-state index is 0.159. The van der Waals surface area contributed by atoms with Gasteiger partial charge in [0.05, 0.1) is 4.92 Å². The molecule has 1 amide bonds. The number of amides is 1. The average Bonchev–Trinajstić information content (AvgIpc) is 3.11. The molecule has 9 nitrogen and oxygen atoms in total. The van der Waals surface area contributed by atoms with E-state index in [0.29, 0.717) is 23.7 Å². The smallest absolute Gasteiger partial charge is 0.293 e. The first-order chi connectivity index (χ1) is 13.5. The van der Waals surface area contributed by atoms with Gasteiger partial charge in [0.25, 0.3) is 11.6 Å². The third-order valence-electron chi connectivity index (χ3n) is 4.13. The zero-order valence-corrected chi connectivity index (χ0v) is 15.4. The number of aromatic nitrogens is 2. The number of imidazole rings is 1. The Balaban J connectivity index is 1.65. The molecule has 0 aliphatic carbocycles. The van der Waals surface area contributed by atoms with Crippen LogP contribution in [0.5, 0.6) is 5.75 Å². The van der Waals surface area contributed by atoms with Gasteiger partial charge in [0.15, 0.2) is 0 Å². The Hall–Kier alpha value is -3.88. The minimum atomic E-state index is -0.531. The molecule has 9 heteroatoms. The van der Waals surface area contributed by atoms with Crippen molar-refractivity contribution in [2.45, 2.75) is 6.61 Å². The summed E-state index contributed by atoms with van der Waals surface area (Å²) >= 11 is 0. The molecule has 0 aliphatic rings. The summed E-state index contributed by atoms with van der Waals surface area (Å²) in [5.74, 6) is 0.992. The molecule has 1 aromatic heterocycles. The molecule has 0 bridgehead atoms. The van der Waals surface area contributed by atoms with E-state index in [1.165, 1.54) is 18.2 Å². The summed E-state index contributed by atoms with van der Waals surface area (Å²) in [6, 6.07) is 11.1. The van der Waals surface area contributed by atoms with Crippen molar-refractivity contribution < 1.29 is 14.5 Å². The van der Waals surface area contributed by atoms with Crippen LogP contribution in [0.1, 0.15) is 16.2 Å². The third kappa shape index (κ3) is 4.26. The summed E-state index contributed by atoms with van der Waals surface area (Å²) in [5.41, 5.74) is 0.930. The maximum absolute atomic E-state index is 12.4. The molecule has 0 radical (unpaired) electrons. The number of nitrogens with one attached hydrogen (secondary N) is 2. The normalized spacial score (nSPS) is 10.4. The highest BCUT2D eigenvalue weighted by Gasteiger charge is 2.17. The van der Waals surface area contributed by atoms with Crippen molar-refractivity contribution in [3.63, 3.8) is 0 Å². The monoisotopic (exact) mass is 381 g/mol. The lowest BCUT2D eigenvalue weighted by atomic mass is 10.1. The highest BCUT2D eigenvalue weighted by molar-refractivity contribution is 6.05. The van der Waals surface area contributed by atoms with E-state index in [1.807, 2.05) is 17.8 Å². The van der Waals surface area contributed by atoms with Crippen molar-refractivity contribution in [3.05, 3.63) is 76.4 Å². The Morgan fingerprint density at radius 3 is 2.61 bits per heavy atom. The molecular formula is C19H19N5O4. The van der Waals surface area contributed by atoms with Crippen LogP contribution in [0.15, 0.2) is 54.9 Å². The first kappa shape index (κ1) is 18.9. The fourth-order valence-electron chi connectivity index (χ4n) is 2.56. The number of hydrogen-bond acceptors (Lipinski definition) is 6. The lowest BCUT2D eigenvalue weighted by Crippen LogP contribution is -2.12. The van der Waals surface area contributed by atoms with Crippen LogP contribution in [0.2, 0.25) is 0 Å². The molecule has 2 N–H and O–H groups in total. The molecule has 144 valence electrons. The lowest BCUT2D eigenvalue weighted by Gasteiger charge is -2.09. The molecule has 3 rings (SSSR count). The van der Waals surface area contributed by atoms with E-state index in [2.05, 4.69) is 15.6 Å². The molecule has 1 heterocycles. The summed E-state index contributed by atoms with van der Waals surface area (Å²) in [6.07, 6.45) is 3.54. The zero-order chi connectivity index (χ0) is 20.1. The van der Waals surface area contributed by atoms with Crippen LogP contribution < -0.4 is 15.4 Å². The van der Waals surface area contributed by atoms with Crippen molar-refractivity contribution in [1.29, 1.82) is 0 Å². The summed E-state index contributed by atoms with van der Waals surface area (Å²) in [5, 5.41) is 16.6. The van der Waals surface area contributed by atoms with Crippen LogP contribution in [0.25, 0.3) is 0 Å². The van der Waals surface area contributed by atoms with Crippen LogP contribution in [-0.4, -0.2) is 27.4 Å². The molecule has 0 aliphatic heterocycles. The molecule has 0 saturated heterocycles. The second kappa shape index (κ2) is 8.21. The van der Waals surface area contributed by atoms with Gasteiger partial charge < -0.3 is 19.9 Å². The summed E-state index contributed by atoms with van der Waals surface area (Å²) in [6.45, 7) is 0.330. The van der Waals surface area contributed by atoms with E-state index in [0.717, 1.165) is 5.82 Å². The lowest BCUT2D eigenvalue weighted by molar-refractivity contribution is -0.384. The van der Waals surface area contributed by atoms with Crippen molar-refractivity contribution in [2.24, 2.45) is 7.05 Å². The number of rotatable bonds is 7. The first-order valence-electron chi connectivity index (χ1n) is 8.44. The molecule has 0 unspecified atom stereocenters. The predicted molar refractivity (Wildman–Crippen MR) is 105 cm³/mol. The van der Waals surface area contributed by atoms with Gasteiger partial charge in [0.1, 0.15) is 23.9 Å². The molecule has 28 heavy (non-hydrogen) atoms. The van der Waals surface area contributed by atoms with E-state index in [9.17, 15) is 14.9 Å². The van der Waals surface area contributed by atoms with E-state index in [1.54, 1.807) is 37.5 Å². The van der Waals surface area contributed by atoms with Crippen LogP contribution in [-0.2, 0) is 13.7 Å². The molecular weight excluding hydrogens is 362 g/mol. The summed E-state index contributed by atoms with van der Waals surface area (Å²) in [7, 11) is 3.47. The topological polar surface area (TPSA) is 111 Å². The molecule has 0 spiro atoms. The number of carbonyl (C=O) groups excluding carboxylic acids is 1. The number of aryl methyl sites for hydroxylation is 1.